The normalized spacial score (nSPS) is 12.7. The molecule has 0 fully saturated rings. The van der Waals surface area contributed by atoms with Crippen molar-refractivity contribution < 1.29 is 14.6 Å². The first-order chi connectivity index (χ1) is 7.09. The third-order valence-corrected chi connectivity index (χ3v) is 2.14. The third-order valence-electron chi connectivity index (χ3n) is 1.55. The van der Waals surface area contributed by atoms with Gasteiger partial charge in [-0.15, -0.1) is 0 Å². The lowest BCUT2D eigenvalue weighted by Crippen LogP contribution is -2.09. The number of halogens is 1. The summed E-state index contributed by atoms with van der Waals surface area (Å²) in [5.41, 5.74) is 0. The number of carboxylic acid groups (broad SMARTS) is 1. The van der Waals surface area contributed by atoms with Gasteiger partial charge < -0.3 is 9.84 Å². The Morgan fingerprint density at radius 3 is 3.07 bits per heavy atom. The van der Waals surface area contributed by atoms with Crippen molar-refractivity contribution in [1.29, 1.82) is 0 Å². The average Bonchev–Trinajstić information content (AvgIpc) is 2.18. The van der Waals surface area contributed by atoms with Crippen molar-refractivity contribution in [1.82, 2.24) is 4.98 Å². The molecule has 1 aromatic heterocycles. The van der Waals surface area contributed by atoms with Crippen LogP contribution >= 0.6 is 15.9 Å². The summed E-state index contributed by atoms with van der Waals surface area (Å²) in [4.78, 5) is 14.2. The van der Waals surface area contributed by atoms with Gasteiger partial charge in [0.1, 0.15) is 10.7 Å². The average molecular weight is 272 g/mol. The molecule has 15 heavy (non-hydrogen) atoms. The first-order valence-electron chi connectivity index (χ1n) is 4.28. The number of hydrogen-bond acceptors (Lipinski definition) is 3. The molecular formula is C10H10BrNO3. The second-order valence-electron chi connectivity index (χ2n) is 2.81. The number of pyridine rings is 1. The lowest BCUT2D eigenvalue weighted by atomic mass is 10.3. The highest BCUT2D eigenvalue weighted by Crippen LogP contribution is 2.22. The van der Waals surface area contributed by atoms with E-state index in [1.54, 1.807) is 25.3 Å². The molecule has 4 nitrogen and oxygen atoms in total. The van der Waals surface area contributed by atoms with E-state index in [2.05, 4.69) is 20.9 Å². The quantitative estimate of drug-likeness (QED) is 0.674. The molecule has 80 valence electrons. The number of ether oxygens (including phenoxy) is 1. The molecule has 1 heterocycles. The second-order valence-corrected chi connectivity index (χ2v) is 3.56. The molecule has 0 aliphatic rings. The van der Waals surface area contributed by atoms with E-state index < -0.39 is 5.97 Å². The summed E-state index contributed by atoms with van der Waals surface area (Å²) in [6, 6.07) is 3.50. The zero-order valence-electron chi connectivity index (χ0n) is 8.05. The summed E-state index contributed by atoms with van der Waals surface area (Å²) in [6.45, 7) is 1.75. The van der Waals surface area contributed by atoms with Crippen LogP contribution in [0.5, 0.6) is 5.75 Å². The van der Waals surface area contributed by atoms with E-state index in [4.69, 9.17) is 9.84 Å². The largest absolute Gasteiger partial charge is 0.484 e. The van der Waals surface area contributed by atoms with Crippen molar-refractivity contribution in [2.75, 3.05) is 0 Å². The molecule has 0 bridgehead atoms. The van der Waals surface area contributed by atoms with Crippen LogP contribution in [0.15, 0.2) is 35.1 Å². The first-order valence-corrected chi connectivity index (χ1v) is 5.07. The van der Waals surface area contributed by atoms with E-state index in [9.17, 15) is 4.79 Å². The van der Waals surface area contributed by atoms with E-state index in [-0.39, 0.29) is 6.10 Å². The van der Waals surface area contributed by atoms with Gasteiger partial charge in [-0.05, 0) is 41.1 Å². The Bertz CT molecular complexity index is 379. The zero-order valence-corrected chi connectivity index (χ0v) is 9.64. The second kappa shape index (κ2) is 5.50. The minimum absolute atomic E-state index is 0.318. The van der Waals surface area contributed by atoms with Crippen LogP contribution in [0, 0.1) is 0 Å². The van der Waals surface area contributed by atoms with Gasteiger partial charge in [0.05, 0.1) is 0 Å². The number of carbonyl (C=O) groups is 1. The molecule has 0 saturated heterocycles. The van der Waals surface area contributed by atoms with Crippen molar-refractivity contribution in [3.8, 4) is 5.75 Å². The zero-order chi connectivity index (χ0) is 11.3. The van der Waals surface area contributed by atoms with Gasteiger partial charge in [-0.25, -0.2) is 9.78 Å². The number of aromatic nitrogens is 1. The lowest BCUT2D eigenvalue weighted by molar-refractivity contribution is -0.131. The Hall–Kier alpha value is -1.36. The van der Waals surface area contributed by atoms with Crippen LogP contribution in [0.4, 0.5) is 0 Å². The summed E-state index contributed by atoms with van der Waals surface area (Å²) in [6.07, 6.45) is 3.83. The molecule has 0 aromatic carbocycles. The summed E-state index contributed by atoms with van der Waals surface area (Å²) < 4.78 is 6.03. The van der Waals surface area contributed by atoms with Crippen LogP contribution in [0.3, 0.4) is 0 Å². The maximum atomic E-state index is 10.3. The van der Waals surface area contributed by atoms with Gasteiger partial charge in [-0.3, -0.25) is 0 Å². The van der Waals surface area contributed by atoms with Gasteiger partial charge in [0.15, 0.2) is 5.75 Å². The smallest absolute Gasteiger partial charge is 0.328 e. The SMILES string of the molecule is CC(/C=C/C(=O)O)Oc1cccnc1Br. The van der Waals surface area contributed by atoms with Gasteiger partial charge in [0, 0.05) is 12.3 Å². The predicted molar refractivity (Wildman–Crippen MR) is 58.8 cm³/mol. The Labute approximate surface area is 95.7 Å². The van der Waals surface area contributed by atoms with Gasteiger partial charge in [0.2, 0.25) is 0 Å². The molecule has 1 unspecified atom stereocenters. The van der Waals surface area contributed by atoms with Gasteiger partial charge >= 0.3 is 5.97 Å². The Morgan fingerprint density at radius 1 is 1.73 bits per heavy atom. The number of carboxylic acids is 1. The van der Waals surface area contributed by atoms with Crippen molar-refractivity contribution in [3.05, 3.63) is 35.1 Å². The van der Waals surface area contributed by atoms with E-state index >= 15 is 0 Å². The van der Waals surface area contributed by atoms with Gasteiger partial charge in [-0.2, -0.15) is 0 Å². The molecule has 0 aliphatic carbocycles. The highest BCUT2D eigenvalue weighted by atomic mass is 79.9. The fourth-order valence-electron chi connectivity index (χ4n) is 0.917. The monoisotopic (exact) mass is 271 g/mol. The van der Waals surface area contributed by atoms with Crippen molar-refractivity contribution in [3.63, 3.8) is 0 Å². The molecule has 0 spiro atoms. The van der Waals surface area contributed by atoms with Crippen molar-refractivity contribution in [2.45, 2.75) is 13.0 Å². The number of hydrogen-bond donors (Lipinski definition) is 1. The van der Waals surface area contributed by atoms with Crippen LogP contribution in [0.25, 0.3) is 0 Å². The molecule has 5 heteroatoms. The molecule has 0 radical (unpaired) electrons. The van der Waals surface area contributed by atoms with Crippen molar-refractivity contribution in [2.24, 2.45) is 0 Å². The highest BCUT2D eigenvalue weighted by Gasteiger charge is 2.04. The topological polar surface area (TPSA) is 59.4 Å². The first kappa shape index (κ1) is 11.7. The Kier molecular flexibility index (Phi) is 4.30. The molecule has 1 rings (SSSR count). The number of nitrogens with zero attached hydrogens (tertiary/aromatic N) is 1. The molecular weight excluding hydrogens is 262 g/mol. The summed E-state index contributed by atoms with van der Waals surface area (Å²) in [7, 11) is 0. The number of rotatable bonds is 4. The van der Waals surface area contributed by atoms with Gasteiger partial charge in [-0.1, -0.05) is 0 Å². The van der Waals surface area contributed by atoms with Gasteiger partial charge in [0.25, 0.3) is 0 Å². The minimum Gasteiger partial charge on any atom is -0.484 e. The summed E-state index contributed by atoms with van der Waals surface area (Å²) >= 11 is 3.23. The Morgan fingerprint density at radius 2 is 2.47 bits per heavy atom. The van der Waals surface area contributed by atoms with Crippen LogP contribution in [-0.4, -0.2) is 22.2 Å². The molecule has 1 atom stereocenters. The maximum absolute atomic E-state index is 10.3. The van der Waals surface area contributed by atoms with E-state index in [1.165, 1.54) is 6.08 Å². The fraction of sp³-hybridized carbons (Fsp3) is 0.200. The maximum Gasteiger partial charge on any atom is 0.328 e. The summed E-state index contributed by atoms with van der Waals surface area (Å²) in [5.74, 6) is -0.407. The van der Waals surface area contributed by atoms with Crippen molar-refractivity contribution >= 4 is 21.9 Å². The van der Waals surface area contributed by atoms with Crippen LogP contribution in [0.1, 0.15) is 6.92 Å². The molecule has 0 aliphatic heterocycles. The highest BCUT2D eigenvalue weighted by molar-refractivity contribution is 9.10. The summed E-state index contributed by atoms with van der Waals surface area (Å²) in [5, 5.41) is 8.42. The van der Waals surface area contributed by atoms with Crippen LogP contribution < -0.4 is 4.74 Å². The van der Waals surface area contributed by atoms with Crippen LogP contribution in [-0.2, 0) is 4.79 Å². The third kappa shape index (κ3) is 4.12. The number of aliphatic carboxylic acids is 1. The molecule has 0 amide bonds. The minimum atomic E-state index is -0.990. The van der Waals surface area contributed by atoms with E-state index in [0.29, 0.717) is 10.4 Å². The molecule has 1 aromatic rings. The standard InChI is InChI=1S/C10H10BrNO3/c1-7(4-5-9(13)14)15-8-3-2-6-12-10(8)11/h2-7H,1H3,(H,13,14)/b5-4+. The van der Waals surface area contributed by atoms with E-state index in [1.807, 2.05) is 0 Å². The van der Waals surface area contributed by atoms with E-state index in [0.717, 1.165) is 6.08 Å². The van der Waals surface area contributed by atoms with Crippen LogP contribution in [0.2, 0.25) is 0 Å². The molecule has 0 saturated carbocycles. The predicted octanol–water partition coefficient (Wildman–Crippen LogP) is 2.25. The lowest BCUT2D eigenvalue weighted by Gasteiger charge is -2.10. The molecule has 1 N–H and O–H groups in total. The fourth-order valence-corrected chi connectivity index (χ4v) is 1.26. The Balaban J connectivity index is 2.62.